The van der Waals surface area contributed by atoms with E-state index in [-0.39, 0.29) is 12.1 Å². The molecule has 33 heavy (non-hydrogen) atoms. The highest BCUT2D eigenvalue weighted by Gasteiger charge is 2.42. The summed E-state index contributed by atoms with van der Waals surface area (Å²) in [4.78, 5) is 0. The molecule has 0 bridgehead atoms. The van der Waals surface area contributed by atoms with E-state index in [2.05, 4.69) is 0 Å². The fourth-order valence-corrected chi connectivity index (χ4v) is 2.84. The van der Waals surface area contributed by atoms with Crippen molar-refractivity contribution in [2.75, 3.05) is 0 Å². The predicted octanol–water partition coefficient (Wildman–Crippen LogP) is 3.53. The van der Waals surface area contributed by atoms with E-state index < -0.39 is 67.6 Å². The molecule has 0 saturated heterocycles. The van der Waals surface area contributed by atoms with Crippen molar-refractivity contribution >= 4 is 11.1 Å². The summed E-state index contributed by atoms with van der Waals surface area (Å²) in [6.45, 7) is 0. The molecule has 2 aromatic rings. The van der Waals surface area contributed by atoms with E-state index >= 15 is 0 Å². The number of nitriles is 5. The fraction of sp³-hybridized carbons (Fsp3) is 0.0952. The van der Waals surface area contributed by atoms with Gasteiger partial charge in [0.1, 0.15) is 35.7 Å². The van der Waals surface area contributed by atoms with Crippen LogP contribution in [-0.2, 0) is 12.4 Å². The van der Waals surface area contributed by atoms with E-state index in [0.717, 1.165) is 6.07 Å². The van der Waals surface area contributed by atoms with Crippen LogP contribution >= 0.6 is 0 Å². The van der Waals surface area contributed by atoms with Crippen molar-refractivity contribution in [1.82, 2.24) is 0 Å². The van der Waals surface area contributed by atoms with Crippen LogP contribution in [0.25, 0.3) is 11.1 Å². The van der Waals surface area contributed by atoms with Crippen LogP contribution < -0.4 is 10.4 Å². The molecule has 0 heterocycles. The molecule has 2 rings (SSSR count). The van der Waals surface area contributed by atoms with Gasteiger partial charge in [-0.1, -0.05) is 0 Å². The van der Waals surface area contributed by atoms with Gasteiger partial charge in [0, 0.05) is 10.4 Å². The van der Waals surface area contributed by atoms with Crippen LogP contribution in [0.3, 0.4) is 0 Å². The highest BCUT2D eigenvalue weighted by molar-refractivity contribution is 5.80. The maximum absolute atomic E-state index is 14.5. The van der Waals surface area contributed by atoms with Crippen LogP contribution in [-0.4, -0.2) is 0 Å². The normalized spacial score (nSPS) is 11.8. The average Bonchev–Trinajstić information content (AvgIpc) is 2.74. The van der Waals surface area contributed by atoms with Crippen LogP contribution in [0.1, 0.15) is 27.8 Å². The summed E-state index contributed by atoms with van der Waals surface area (Å²) in [5.74, 6) is -1.32. The van der Waals surface area contributed by atoms with Gasteiger partial charge >= 0.3 is 12.4 Å². The second kappa shape index (κ2) is 8.71. The van der Waals surface area contributed by atoms with E-state index in [1.54, 1.807) is 0 Å². The number of hydrogen-bond acceptors (Lipinski definition) is 5. The SMILES string of the molecule is N#CC(C#N)=c1cc(C#N)/c(=C(\C#N)c2cc(C(F)(F)F)c(C#N)c(C(F)(F)F)c2)cc1F. The van der Waals surface area contributed by atoms with Crippen molar-refractivity contribution in [1.29, 1.82) is 26.3 Å². The lowest BCUT2D eigenvalue weighted by atomic mass is 9.92. The van der Waals surface area contributed by atoms with Crippen molar-refractivity contribution < 1.29 is 30.7 Å². The van der Waals surface area contributed by atoms with Gasteiger partial charge in [0.2, 0.25) is 0 Å². The Bertz CT molecular complexity index is 1450. The molecule has 0 N–H and O–H groups in total. The molecule has 2 aromatic carbocycles. The molecular weight excluding hydrogens is 455 g/mol. The minimum Gasteiger partial charge on any atom is -0.206 e. The van der Waals surface area contributed by atoms with Crippen molar-refractivity contribution in [2.45, 2.75) is 12.4 Å². The second-order valence-corrected chi connectivity index (χ2v) is 6.13. The minimum absolute atomic E-state index is 0.113. The number of alkyl halides is 6. The van der Waals surface area contributed by atoms with Crippen molar-refractivity contribution in [3.63, 3.8) is 0 Å². The lowest BCUT2D eigenvalue weighted by Gasteiger charge is -2.16. The Morgan fingerprint density at radius 3 is 1.55 bits per heavy atom. The number of halogens is 7. The van der Waals surface area contributed by atoms with Crippen LogP contribution in [0.4, 0.5) is 30.7 Å². The van der Waals surface area contributed by atoms with Crippen LogP contribution in [0, 0.1) is 62.5 Å². The molecule has 0 unspecified atom stereocenters. The molecule has 0 spiro atoms. The standard InChI is InChI=1S/C21H4F7N5/c22-19-4-13(11(5-29)1-14(19)12(6-30)7-31)15(8-32)10-2-17(20(23,24)25)16(9-33)18(3-10)21(26,27)28/h1-4H/b15-13+. The lowest BCUT2D eigenvalue weighted by Crippen LogP contribution is -2.22. The summed E-state index contributed by atoms with van der Waals surface area (Å²) in [6, 6.07) is 7.78. The third-order valence-electron chi connectivity index (χ3n) is 4.25. The third-order valence-corrected chi connectivity index (χ3v) is 4.25. The zero-order valence-electron chi connectivity index (χ0n) is 15.7. The van der Waals surface area contributed by atoms with Crippen molar-refractivity contribution in [2.24, 2.45) is 0 Å². The molecule has 12 heteroatoms. The van der Waals surface area contributed by atoms with E-state index in [0.29, 0.717) is 12.1 Å². The Hall–Kier alpha value is -4.86. The monoisotopic (exact) mass is 459 g/mol. The molecule has 5 nitrogen and oxygen atoms in total. The maximum Gasteiger partial charge on any atom is 0.417 e. The molecule has 0 radical (unpaired) electrons. The van der Waals surface area contributed by atoms with E-state index in [1.807, 2.05) is 0 Å². The summed E-state index contributed by atoms with van der Waals surface area (Å²) in [6.07, 6.45) is -10.8. The quantitative estimate of drug-likeness (QED) is 0.605. The van der Waals surface area contributed by atoms with Gasteiger partial charge in [-0.05, 0) is 29.8 Å². The smallest absolute Gasteiger partial charge is 0.206 e. The van der Waals surface area contributed by atoms with Gasteiger partial charge < -0.3 is 0 Å². The van der Waals surface area contributed by atoms with Gasteiger partial charge in [-0.25, -0.2) is 4.39 Å². The molecule has 0 aliphatic heterocycles. The third kappa shape index (κ3) is 4.59. The first-order chi connectivity index (χ1) is 15.3. The molecule has 162 valence electrons. The van der Waals surface area contributed by atoms with Crippen LogP contribution in [0.2, 0.25) is 0 Å². The first-order valence-corrected chi connectivity index (χ1v) is 8.25. The molecule has 0 aliphatic rings. The Labute approximate surface area is 180 Å². The Morgan fingerprint density at radius 1 is 0.667 bits per heavy atom. The largest absolute Gasteiger partial charge is 0.417 e. The molecule has 0 amide bonds. The summed E-state index contributed by atoms with van der Waals surface area (Å²) in [5.41, 5.74) is -8.97. The van der Waals surface area contributed by atoms with E-state index in [4.69, 9.17) is 15.8 Å². The molecule has 0 saturated carbocycles. The first-order valence-electron chi connectivity index (χ1n) is 8.25. The average molecular weight is 459 g/mol. The molecular formula is C21H4F7N5. The number of rotatable bonds is 1. The van der Waals surface area contributed by atoms with Gasteiger partial charge in [-0.2, -0.15) is 52.7 Å². The zero-order chi connectivity index (χ0) is 25.1. The van der Waals surface area contributed by atoms with Gasteiger partial charge in [-0.3, -0.25) is 0 Å². The molecule has 0 atom stereocenters. The Kier molecular flexibility index (Phi) is 6.44. The number of hydrogen-bond donors (Lipinski definition) is 0. The topological polar surface area (TPSA) is 119 Å². The number of nitrogens with zero attached hydrogens (tertiary/aromatic N) is 5. The summed E-state index contributed by atoms with van der Waals surface area (Å²) in [5, 5.41) is 44.1. The summed E-state index contributed by atoms with van der Waals surface area (Å²) < 4.78 is 94.9. The fourth-order valence-electron chi connectivity index (χ4n) is 2.84. The van der Waals surface area contributed by atoms with E-state index in [9.17, 15) is 41.3 Å². The highest BCUT2D eigenvalue weighted by atomic mass is 19.4. The highest BCUT2D eigenvalue weighted by Crippen LogP contribution is 2.40. The van der Waals surface area contributed by atoms with E-state index in [1.165, 1.54) is 24.3 Å². The Balaban J connectivity index is 3.19. The predicted molar refractivity (Wildman–Crippen MR) is 94.3 cm³/mol. The number of benzene rings is 2. The zero-order valence-corrected chi connectivity index (χ0v) is 15.7. The first kappa shape index (κ1) is 24.4. The minimum atomic E-state index is -5.42. The Morgan fingerprint density at radius 2 is 1.18 bits per heavy atom. The van der Waals surface area contributed by atoms with Gasteiger partial charge in [0.05, 0.1) is 33.9 Å². The van der Waals surface area contributed by atoms with Crippen molar-refractivity contribution in [3.8, 4) is 30.3 Å². The van der Waals surface area contributed by atoms with Crippen LogP contribution in [0.15, 0.2) is 24.3 Å². The molecule has 0 aromatic heterocycles. The summed E-state index contributed by atoms with van der Waals surface area (Å²) in [7, 11) is 0. The molecule has 0 fully saturated rings. The lowest BCUT2D eigenvalue weighted by molar-refractivity contribution is -0.143. The molecule has 0 aliphatic carbocycles. The van der Waals surface area contributed by atoms with Gasteiger partial charge in [-0.15, -0.1) is 0 Å². The maximum atomic E-state index is 14.5. The summed E-state index contributed by atoms with van der Waals surface area (Å²) >= 11 is 0. The van der Waals surface area contributed by atoms with Crippen LogP contribution in [0.5, 0.6) is 0 Å². The van der Waals surface area contributed by atoms with Gasteiger partial charge in [0.25, 0.3) is 0 Å². The van der Waals surface area contributed by atoms with Gasteiger partial charge in [0.15, 0.2) is 0 Å². The second-order valence-electron chi connectivity index (χ2n) is 6.13. The van der Waals surface area contributed by atoms with Crippen molar-refractivity contribution in [3.05, 3.63) is 68.3 Å².